The van der Waals surface area contributed by atoms with Crippen molar-refractivity contribution in [2.24, 2.45) is 0 Å². The second-order valence-corrected chi connectivity index (χ2v) is 5.05. The van der Waals surface area contributed by atoms with Crippen LogP contribution in [0.1, 0.15) is 21.5 Å². The van der Waals surface area contributed by atoms with Gasteiger partial charge in [-0.25, -0.2) is 9.97 Å². The monoisotopic (exact) mass is 320 g/mol. The fraction of sp³-hybridized carbons (Fsp3) is 0.118. The highest BCUT2D eigenvalue weighted by molar-refractivity contribution is 5.93. The Hall–Kier alpha value is -3.35. The lowest BCUT2D eigenvalue weighted by molar-refractivity contribution is 0.0950. The molecule has 0 aliphatic rings. The molecule has 0 unspecified atom stereocenters. The number of anilines is 1. The number of nitrogens with zero attached hydrogens (tertiary/aromatic N) is 4. The van der Waals surface area contributed by atoms with Gasteiger partial charge in [0, 0.05) is 50.3 Å². The molecular formula is C17H16N6O. The van der Waals surface area contributed by atoms with Crippen LogP contribution in [0.4, 0.5) is 5.95 Å². The molecule has 0 fully saturated rings. The maximum Gasteiger partial charge on any atom is 0.254 e. The second kappa shape index (κ2) is 7.77. The number of hydrogen-bond acceptors (Lipinski definition) is 6. The van der Waals surface area contributed by atoms with Crippen LogP contribution in [0.3, 0.4) is 0 Å². The summed E-state index contributed by atoms with van der Waals surface area (Å²) in [5.74, 6) is 0.246. The number of amides is 1. The van der Waals surface area contributed by atoms with Gasteiger partial charge in [0.15, 0.2) is 0 Å². The van der Waals surface area contributed by atoms with Gasteiger partial charge in [-0.1, -0.05) is 6.07 Å². The van der Waals surface area contributed by atoms with Gasteiger partial charge in [-0.3, -0.25) is 14.8 Å². The van der Waals surface area contributed by atoms with E-state index in [1.54, 1.807) is 24.8 Å². The standard InChI is InChI=1S/C17H16N6O/c24-16(20-9-13-3-6-18-7-4-13)15-11-22-17(23-12-15)21-10-14-2-1-5-19-8-14/h1-8,11-12H,9-10H2,(H,20,24)(H,21,22,23). The van der Waals surface area contributed by atoms with Crippen LogP contribution in [0, 0.1) is 0 Å². The van der Waals surface area contributed by atoms with Crippen LogP contribution in [0.5, 0.6) is 0 Å². The van der Waals surface area contributed by atoms with E-state index in [1.807, 2.05) is 24.3 Å². The molecule has 3 aromatic heterocycles. The summed E-state index contributed by atoms with van der Waals surface area (Å²) in [4.78, 5) is 28.4. The summed E-state index contributed by atoms with van der Waals surface area (Å²) < 4.78 is 0. The molecular weight excluding hydrogens is 304 g/mol. The highest BCUT2D eigenvalue weighted by atomic mass is 16.1. The fourth-order valence-corrected chi connectivity index (χ4v) is 2.01. The number of rotatable bonds is 6. The van der Waals surface area contributed by atoms with Crippen molar-refractivity contribution in [2.75, 3.05) is 5.32 Å². The molecule has 7 nitrogen and oxygen atoms in total. The highest BCUT2D eigenvalue weighted by Gasteiger charge is 2.07. The zero-order chi connectivity index (χ0) is 16.6. The van der Waals surface area contributed by atoms with Crippen LogP contribution in [0.2, 0.25) is 0 Å². The Kier molecular flexibility index (Phi) is 5.03. The molecule has 0 spiro atoms. The van der Waals surface area contributed by atoms with E-state index in [-0.39, 0.29) is 5.91 Å². The van der Waals surface area contributed by atoms with Gasteiger partial charge < -0.3 is 10.6 Å². The predicted molar refractivity (Wildman–Crippen MR) is 89.0 cm³/mol. The van der Waals surface area contributed by atoms with Crippen LogP contribution in [0.15, 0.2) is 61.4 Å². The van der Waals surface area contributed by atoms with Gasteiger partial charge in [0.05, 0.1) is 5.56 Å². The molecule has 120 valence electrons. The highest BCUT2D eigenvalue weighted by Crippen LogP contribution is 2.04. The van der Waals surface area contributed by atoms with E-state index in [0.717, 1.165) is 11.1 Å². The third kappa shape index (κ3) is 4.33. The van der Waals surface area contributed by atoms with Gasteiger partial charge in [0.1, 0.15) is 0 Å². The van der Waals surface area contributed by atoms with Crippen LogP contribution in [-0.2, 0) is 13.1 Å². The van der Waals surface area contributed by atoms with Crippen molar-refractivity contribution >= 4 is 11.9 Å². The molecule has 0 atom stereocenters. The van der Waals surface area contributed by atoms with E-state index in [1.165, 1.54) is 12.4 Å². The molecule has 1 amide bonds. The average molecular weight is 320 g/mol. The Morgan fingerprint density at radius 2 is 1.67 bits per heavy atom. The fourth-order valence-electron chi connectivity index (χ4n) is 2.01. The summed E-state index contributed by atoms with van der Waals surface area (Å²) in [6.45, 7) is 1.00. The number of pyridine rings is 2. The Bertz CT molecular complexity index is 777. The van der Waals surface area contributed by atoms with Crippen molar-refractivity contribution in [1.82, 2.24) is 25.3 Å². The number of carbonyl (C=O) groups is 1. The summed E-state index contributed by atoms with van der Waals surface area (Å²) in [5.41, 5.74) is 2.42. The van der Waals surface area contributed by atoms with E-state index in [4.69, 9.17) is 0 Å². The van der Waals surface area contributed by atoms with Crippen molar-refractivity contribution < 1.29 is 4.79 Å². The minimum Gasteiger partial charge on any atom is -0.350 e. The van der Waals surface area contributed by atoms with E-state index in [2.05, 4.69) is 30.6 Å². The average Bonchev–Trinajstić information content (AvgIpc) is 2.66. The maximum atomic E-state index is 12.1. The lowest BCUT2D eigenvalue weighted by Crippen LogP contribution is -2.23. The molecule has 3 rings (SSSR count). The van der Waals surface area contributed by atoms with Gasteiger partial charge in [0.25, 0.3) is 5.91 Å². The molecule has 2 N–H and O–H groups in total. The van der Waals surface area contributed by atoms with Crippen LogP contribution < -0.4 is 10.6 Å². The topological polar surface area (TPSA) is 92.7 Å². The molecule has 0 aliphatic heterocycles. The summed E-state index contributed by atoms with van der Waals surface area (Å²) in [5, 5.41) is 5.90. The lowest BCUT2D eigenvalue weighted by atomic mass is 10.2. The van der Waals surface area contributed by atoms with Gasteiger partial charge >= 0.3 is 0 Å². The largest absolute Gasteiger partial charge is 0.350 e. The first-order valence-electron chi connectivity index (χ1n) is 7.43. The molecule has 7 heteroatoms. The van der Waals surface area contributed by atoms with Crippen LogP contribution in [0.25, 0.3) is 0 Å². The number of nitrogens with one attached hydrogen (secondary N) is 2. The number of aromatic nitrogens is 4. The third-order valence-corrected chi connectivity index (χ3v) is 3.29. The molecule has 0 saturated heterocycles. The zero-order valence-corrected chi connectivity index (χ0v) is 12.9. The first-order chi connectivity index (χ1) is 11.8. The van der Waals surface area contributed by atoms with Crippen molar-refractivity contribution in [3.8, 4) is 0 Å². The molecule has 0 aliphatic carbocycles. The predicted octanol–water partition coefficient (Wildman–Crippen LogP) is 1.81. The minimum atomic E-state index is -0.217. The minimum absolute atomic E-state index is 0.217. The van der Waals surface area contributed by atoms with E-state index >= 15 is 0 Å². The second-order valence-electron chi connectivity index (χ2n) is 5.05. The van der Waals surface area contributed by atoms with Gasteiger partial charge in [-0.2, -0.15) is 0 Å². The van der Waals surface area contributed by atoms with Crippen molar-refractivity contribution in [1.29, 1.82) is 0 Å². The summed E-state index contributed by atoms with van der Waals surface area (Å²) in [6, 6.07) is 7.53. The quantitative estimate of drug-likeness (QED) is 0.719. The summed E-state index contributed by atoms with van der Waals surface area (Å²) >= 11 is 0. The number of hydrogen-bond donors (Lipinski definition) is 2. The SMILES string of the molecule is O=C(NCc1ccncc1)c1cnc(NCc2cccnc2)nc1. The third-order valence-electron chi connectivity index (χ3n) is 3.29. The first kappa shape index (κ1) is 15.5. The molecule has 0 radical (unpaired) electrons. The Morgan fingerprint density at radius 1 is 0.875 bits per heavy atom. The van der Waals surface area contributed by atoms with Gasteiger partial charge in [0.2, 0.25) is 5.95 Å². The molecule has 3 aromatic rings. The Balaban J connectivity index is 1.53. The molecule has 3 heterocycles. The molecule has 24 heavy (non-hydrogen) atoms. The van der Waals surface area contributed by atoms with Crippen molar-refractivity contribution in [3.05, 3.63) is 78.1 Å². The van der Waals surface area contributed by atoms with Crippen LogP contribution >= 0.6 is 0 Å². The van der Waals surface area contributed by atoms with Crippen LogP contribution in [-0.4, -0.2) is 25.8 Å². The maximum absolute atomic E-state index is 12.1. The molecule has 0 saturated carbocycles. The summed E-state index contributed by atoms with van der Waals surface area (Å²) in [6.07, 6.45) is 9.87. The van der Waals surface area contributed by atoms with Crippen molar-refractivity contribution in [2.45, 2.75) is 13.1 Å². The van der Waals surface area contributed by atoms with Gasteiger partial charge in [-0.05, 0) is 29.3 Å². The van der Waals surface area contributed by atoms with E-state index in [9.17, 15) is 4.79 Å². The summed E-state index contributed by atoms with van der Waals surface area (Å²) in [7, 11) is 0. The Morgan fingerprint density at radius 3 is 2.38 bits per heavy atom. The van der Waals surface area contributed by atoms with E-state index in [0.29, 0.717) is 24.6 Å². The first-order valence-corrected chi connectivity index (χ1v) is 7.43. The number of carbonyl (C=O) groups excluding carboxylic acids is 1. The van der Waals surface area contributed by atoms with Crippen molar-refractivity contribution in [3.63, 3.8) is 0 Å². The molecule has 0 bridgehead atoms. The van der Waals surface area contributed by atoms with Gasteiger partial charge in [-0.15, -0.1) is 0 Å². The smallest absolute Gasteiger partial charge is 0.254 e. The normalized spacial score (nSPS) is 10.2. The molecule has 0 aromatic carbocycles. The van der Waals surface area contributed by atoms with E-state index < -0.39 is 0 Å². The Labute approximate surface area is 139 Å². The lowest BCUT2D eigenvalue weighted by Gasteiger charge is -2.07. The zero-order valence-electron chi connectivity index (χ0n) is 12.9.